The summed E-state index contributed by atoms with van der Waals surface area (Å²) in [5, 5.41) is 3.58. The number of carbonyl (C=O) groups is 1. The van der Waals surface area contributed by atoms with Crippen molar-refractivity contribution in [1.82, 2.24) is 10.1 Å². The fraction of sp³-hybridized carbons (Fsp3) is 0.700. The summed E-state index contributed by atoms with van der Waals surface area (Å²) in [6.07, 6.45) is 2.26. The van der Waals surface area contributed by atoms with E-state index in [1.807, 2.05) is 0 Å². The second-order valence-corrected chi connectivity index (χ2v) is 6.53. The molecule has 0 N–H and O–H groups in total. The Kier molecular flexibility index (Phi) is 3.14. The summed E-state index contributed by atoms with van der Waals surface area (Å²) in [6, 6.07) is 0. The van der Waals surface area contributed by atoms with Crippen LogP contribution in [0.25, 0.3) is 0 Å². The van der Waals surface area contributed by atoms with E-state index < -0.39 is 15.3 Å². The third-order valence-corrected chi connectivity index (χ3v) is 3.47. The minimum atomic E-state index is -3.22. The highest BCUT2D eigenvalue weighted by atomic mass is 32.2. The lowest BCUT2D eigenvalue weighted by molar-refractivity contribution is -0.146. The first-order valence-electron chi connectivity index (χ1n) is 5.55. The van der Waals surface area contributed by atoms with Gasteiger partial charge in [0.25, 0.3) is 0 Å². The van der Waals surface area contributed by atoms with Gasteiger partial charge in [-0.1, -0.05) is 5.16 Å². The van der Waals surface area contributed by atoms with Gasteiger partial charge in [0.15, 0.2) is 15.7 Å². The number of esters is 1. The molecule has 1 aromatic heterocycles. The monoisotopic (exact) mass is 274 g/mol. The summed E-state index contributed by atoms with van der Waals surface area (Å²) in [5.41, 5.74) is -0.848. The van der Waals surface area contributed by atoms with E-state index in [4.69, 9.17) is 9.26 Å². The average molecular weight is 274 g/mol. The van der Waals surface area contributed by atoms with Gasteiger partial charge in [0.2, 0.25) is 5.89 Å². The van der Waals surface area contributed by atoms with E-state index in [0.29, 0.717) is 12.8 Å². The lowest BCUT2D eigenvalue weighted by Crippen LogP contribution is -2.23. The molecule has 0 bridgehead atoms. The van der Waals surface area contributed by atoms with Gasteiger partial charge in [-0.15, -0.1) is 0 Å². The van der Waals surface area contributed by atoms with Crippen molar-refractivity contribution in [3.05, 3.63) is 11.7 Å². The van der Waals surface area contributed by atoms with Crippen LogP contribution in [0.3, 0.4) is 0 Å². The Labute approximate surface area is 104 Å². The normalized spacial score (nSPS) is 17.4. The molecule has 1 heterocycles. The van der Waals surface area contributed by atoms with Crippen LogP contribution in [0.15, 0.2) is 4.52 Å². The van der Waals surface area contributed by atoms with Crippen LogP contribution in [0.1, 0.15) is 31.5 Å². The lowest BCUT2D eigenvalue weighted by Gasteiger charge is -2.07. The van der Waals surface area contributed by atoms with Crippen LogP contribution in [-0.2, 0) is 30.5 Å². The Morgan fingerprint density at radius 1 is 1.50 bits per heavy atom. The van der Waals surface area contributed by atoms with Gasteiger partial charge in [-0.05, 0) is 19.8 Å². The van der Waals surface area contributed by atoms with Gasteiger partial charge >= 0.3 is 5.97 Å². The quantitative estimate of drug-likeness (QED) is 0.707. The average Bonchev–Trinajstić information content (AvgIpc) is 2.94. The first-order chi connectivity index (χ1) is 8.37. The van der Waals surface area contributed by atoms with Gasteiger partial charge in [-0.2, -0.15) is 4.98 Å². The van der Waals surface area contributed by atoms with Crippen molar-refractivity contribution in [1.29, 1.82) is 0 Å². The molecule has 1 aromatic rings. The highest BCUT2D eigenvalue weighted by Crippen LogP contribution is 2.48. The molecule has 1 saturated carbocycles. The number of aromatic nitrogens is 2. The maximum atomic E-state index is 11.8. The largest absolute Gasteiger partial charge is 0.465 e. The Morgan fingerprint density at radius 3 is 2.67 bits per heavy atom. The zero-order valence-corrected chi connectivity index (χ0v) is 11.0. The molecular formula is C10H14N2O5S. The van der Waals surface area contributed by atoms with Crippen molar-refractivity contribution in [3.8, 4) is 0 Å². The SMILES string of the molecule is CCOC(=O)C1(c2nc(CS(C)(=O)=O)no2)CC1. The molecule has 0 aromatic carbocycles. The summed E-state index contributed by atoms with van der Waals surface area (Å²) in [6.45, 7) is 2.00. The summed E-state index contributed by atoms with van der Waals surface area (Å²) >= 11 is 0. The van der Waals surface area contributed by atoms with E-state index in [-0.39, 0.29) is 30.0 Å². The molecule has 0 amide bonds. The highest BCUT2D eigenvalue weighted by Gasteiger charge is 2.57. The molecule has 1 aliphatic rings. The van der Waals surface area contributed by atoms with Crippen LogP contribution in [-0.4, -0.2) is 37.4 Å². The third-order valence-electron chi connectivity index (χ3n) is 2.68. The molecule has 1 aliphatic carbocycles. The van der Waals surface area contributed by atoms with Crippen LogP contribution in [0.4, 0.5) is 0 Å². The Bertz CT molecular complexity index is 559. The first kappa shape index (κ1) is 13.0. The molecule has 2 rings (SSSR count). The maximum absolute atomic E-state index is 11.8. The summed E-state index contributed by atoms with van der Waals surface area (Å²) in [4.78, 5) is 15.7. The number of nitrogens with zero attached hydrogens (tertiary/aromatic N) is 2. The Hall–Kier alpha value is -1.44. The van der Waals surface area contributed by atoms with Crippen molar-refractivity contribution in [3.63, 3.8) is 0 Å². The summed E-state index contributed by atoms with van der Waals surface area (Å²) in [5.74, 6) is -0.461. The standard InChI is InChI=1S/C10H14N2O5S/c1-3-16-9(13)10(4-5-10)8-11-7(12-17-8)6-18(2,14)15/h3-6H2,1-2H3. The van der Waals surface area contributed by atoms with Crippen LogP contribution < -0.4 is 0 Å². The van der Waals surface area contributed by atoms with Gasteiger partial charge in [0.1, 0.15) is 11.2 Å². The number of hydrogen-bond donors (Lipinski definition) is 0. The van der Waals surface area contributed by atoms with Crippen molar-refractivity contribution >= 4 is 15.8 Å². The number of rotatable bonds is 5. The Balaban J connectivity index is 2.18. The molecule has 0 saturated heterocycles. The zero-order valence-electron chi connectivity index (χ0n) is 10.2. The molecule has 100 valence electrons. The van der Waals surface area contributed by atoms with Crippen LogP contribution in [0, 0.1) is 0 Å². The van der Waals surface area contributed by atoms with E-state index in [0.717, 1.165) is 6.26 Å². The van der Waals surface area contributed by atoms with E-state index in [2.05, 4.69) is 10.1 Å². The third kappa shape index (κ3) is 2.53. The van der Waals surface area contributed by atoms with E-state index in [1.165, 1.54) is 0 Å². The number of hydrogen-bond acceptors (Lipinski definition) is 7. The molecule has 0 aliphatic heterocycles. The molecule has 1 fully saturated rings. The number of carbonyl (C=O) groups excluding carboxylic acids is 1. The first-order valence-corrected chi connectivity index (χ1v) is 7.61. The van der Waals surface area contributed by atoms with Crippen LogP contribution in [0.5, 0.6) is 0 Å². The molecule has 0 atom stereocenters. The van der Waals surface area contributed by atoms with Gasteiger partial charge in [0.05, 0.1) is 6.61 Å². The van der Waals surface area contributed by atoms with Crippen molar-refractivity contribution in [2.24, 2.45) is 0 Å². The number of sulfone groups is 1. The van der Waals surface area contributed by atoms with Crippen LogP contribution in [0.2, 0.25) is 0 Å². The molecule has 8 heteroatoms. The zero-order chi connectivity index (χ0) is 13.4. The highest BCUT2D eigenvalue weighted by molar-refractivity contribution is 7.89. The fourth-order valence-corrected chi connectivity index (χ4v) is 2.23. The van der Waals surface area contributed by atoms with Crippen molar-refractivity contribution in [2.45, 2.75) is 30.9 Å². The molecule has 7 nitrogen and oxygen atoms in total. The van der Waals surface area contributed by atoms with E-state index in [9.17, 15) is 13.2 Å². The van der Waals surface area contributed by atoms with Crippen molar-refractivity contribution < 1.29 is 22.5 Å². The predicted molar refractivity (Wildman–Crippen MR) is 60.4 cm³/mol. The topological polar surface area (TPSA) is 99.4 Å². The maximum Gasteiger partial charge on any atom is 0.321 e. The van der Waals surface area contributed by atoms with Gasteiger partial charge < -0.3 is 9.26 Å². The molecule has 0 spiro atoms. The number of ether oxygens (including phenoxy) is 1. The van der Waals surface area contributed by atoms with Gasteiger partial charge in [0, 0.05) is 6.26 Å². The minimum Gasteiger partial charge on any atom is -0.465 e. The van der Waals surface area contributed by atoms with Crippen LogP contribution >= 0.6 is 0 Å². The summed E-state index contributed by atoms with van der Waals surface area (Å²) < 4.78 is 32.1. The minimum absolute atomic E-state index is 0.0723. The van der Waals surface area contributed by atoms with E-state index in [1.54, 1.807) is 6.92 Å². The molecule has 18 heavy (non-hydrogen) atoms. The lowest BCUT2D eigenvalue weighted by atomic mass is 10.1. The molecular weight excluding hydrogens is 260 g/mol. The van der Waals surface area contributed by atoms with Crippen molar-refractivity contribution in [2.75, 3.05) is 12.9 Å². The van der Waals surface area contributed by atoms with Gasteiger partial charge in [-0.3, -0.25) is 4.79 Å². The fourth-order valence-electron chi connectivity index (χ4n) is 1.64. The van der Waals surface area contributed by atoms with Gasteiger partial charge in [-0.25, -0.2) is 8.42 Å². The second kappa shape index (κ2) is 4.34. The second-order valence-electron chi connectivity index (χ2n) is 4.39. The summed E-state index contributed by atoms with van der Waals surface area (Å²) in [7, 11) is -3.22. The van der Waals surface area contributed by atoms with E-state index >= 15 is 0 Å². The smallest absolute Gasteiger partial charge is 0.321 e. The molecule has 0 unspecified atom stereocenters. The predicted octanol–water partition coefficient (Wildman–Crippen LogP) is 0.209. The Morgan fingerprint density at radius 2 is 2.17 bits per heavy atom. The molecule has 0 radical (unpaired) electrons.